The van der Waals surface area contributed by atoms with E-state index in [1.165, 1.54) is 21.5 Å². The third-order valence-electron chi connectivity index (χ3n) is 6.84. The summed E-state index contributed by atoms with van der Waals surface area (Å²) in [5, 5.41) is 8.17. The van der Waals surface area contributed by atoms with Crippen molar-refractivity contribution in [2.45, 2.75) is 6.92 Å². The number of hydrogen-bond acceptors (Lipinski definition) is 8. The van der Waals surface area contributed by atoms with Crippen molar-refractivity contribution in [1.29, 1.82) is 0 Å². The summed E-state index contributed by atoms with van der Waals surface area (Å²) in [5.41, 5.74) is 7.21. The van der Waals surface area contributed by atoms with E-state index in [1.54, 1.807) is 0 Å². The number of hydrogen-bond donors (Lipinski definition) is 1. The fourth-order valence-electron chi connectivity index (χ4n) is 4.90. The molecule has 0 saturated heterocycles. The van der Waals surface area contributed by atoms with Crippen LogP contribution in [0.15, 0.2) is 155 Å². The molecule has 0 spiro atoms. The molecule has 6 aromatic rings. The molecule has 0 atom stereocenters. The number of aryl methyl sites for hydroxylation is 1. The second-order valence-corrected chi connectivity index (χ2v) is 13.9. The zero-order valence-corrected chi connectivity index (χ0v) is 25.8. The maximum atomic E-state index is 8.49. The Labute approximate surface area is 264 Å². The highest BCUT2D eigenvalue weighted by Crippen LogP contribution is 2.55. The summed E-state index contributed by atoms with van der Waals surface area (Å²) in [6.07, 6.45) is 1.81. The molecule has 45 heavy (non-hydrogen) atoms. The van der Waals surface area contributed by atoms with Gasteiger partial charge in [0.05, 0.1) is 6.21 Å². The molecule has 0 bridgehead atoms. The van der Waals surface area contributed by atoms with Crippen LogP contribution in [0.5, 0.6) is 0 Å². The van der Waals surface area contributed by atoms with Crippen LogP contribution in [0.1, 0.15) is 11.1 Å². The fourth-order valence-corrected chi connectivity index (χ4v) is 9.03. The van der Waals surface area contributed by atoms with E-state index < -0.39 is 17.5 Å². The molecular formula is C35H29ClN3O5P. The van der Waals surface area contributed by atoms with Crippen molar-refractivity contribution in [3.05, 3.63) is 157 Å². The molecule has 1 N–H and O–H groups in total. The van der Waals surface area contributed by atoms with Gasteiger partial charge in [0.2, 0.25) is 5.89 Å². The van der Waals surface area contributed by atoms with Gasteiger partial charge in [-0.05, 0) is 61.0 Å². The Kier molecular flexibility index (Phi) is 10.2. The average Bonchev–Trinajstić information content (AvgIpc) is 3.48. The van der Waals surface area contributed by atoms with E-state index in [0.717, 1.165) is 16.6 Å². The first-order valence-corrected chi connectivity index (χ1v) is 16.9. The summed E-state index contributed by atoms with van der Waals surface area (Å²) in [7, 11) is -7.45. The Morgan fingerprint density at radius 3 is 1.51 bits per heavy atom. The normalized spacial score (nSPS) is 11.6. The molecule has 1 aromatic heterocycles. The van der Waals surface area contributed by atoms with Gasteiger partial charge in [-0.25, -0.2) is 24.1 Å². The van der Waals surface area contributed by atoms with Crippen molar-refractivity contribution in [2.75, 3.05) is 5.43 Å². The highest BCUT2D eigenvalue weighted by Gasteiger charge is 2.53. The van der Waals surface area contributed by atoms with Crippen LogP contribution in [-0.2, 0) is 0 Å². The van der Waals surface area contributed by atoms with E-state index >= 15 is 0 Å². The summed E-state index contributed by atoms with van der Waals surface area (Å²) in [6.45, 7) is 2.07. The van der Waals surface area contributed by atoms with Gasteiger partial charge >= 0.3 is 0 Å². The minimum atomic E-state index is -4.94. The van der Waals surface area contributed by atoms with E-state index in [4.69, 9.17) is 28.0 Å². The van der Waals surface area contributed by atoms with Crippen LogP contribution in [0.25, 0.3) is 11.5 Å². The van der Waals surface area contributed by atoms with Crippen LogP contribution in [0.2, 0.25) is 0 Å². The summed E-state index contributed by atoms with van der Waals surface area (Å²) in [4.78, 5) is 5.27. The van der Waals surface area contributed by atoms with Crippen LogP contribution in [0, 0.1) is 17.2 Å². The van der Waals surface area contributed by atoms with Gasteiger partial charge in [-0.3, -0.25) is 0 Å². The third-order valence-corrected chi connectivity index (χ3v) is 11.0. The van der Waals surface area contributed by atoms with Gasteiger partial charge < -0.3 is 4.42 Å². The molecule has 6 rings (SSSR count). The van der Waals surface area contributed by atoms with Crippen LogP contribution in [0.3, 0.4) is 0 Å². The van der Waals surface area contributed by atoms with Gasteiger partial charge in [-0.2, -0.15) is 10.1 Å². The zero-order chi connectivity index (χ0) is 31.7. The van der Waals surface area contributed by atoms with E-state index in [-0.39, 0.29) is 0 Å². The van der Waals surface area contributed by atoms with Gasteiger partial charge in [-0.1, -0.05) is 103 Å². The summed E-state index contributed by atoms with van der Waals surface area (Å²) < 4.78 is 40.5. The van der Waals surface area contributed by atoms with E-state index in [9.17, 15) is 0 Å². The molecule has 0 aliphatic heterocycles. The summed E-state index contributed by atoms with van der Waals surface area (Å²) in [5.74, 6) is 1.09. The Balaban J connectivity index is 0.000000743. The van der Waals surface area contributed by atoms with E-state index in [1.807, 2.05) is 48.7 Å². The SMILES string of the molecule is Cc1ccc(C=NNc2oc(-c3ccccc3)nc2[P+](c2ccccc2)(c2ccccc2)c2ccccc2)cc1.[O-][Cl+3]([O-])([O-])[O-]. The first-order valence-electron chi connectivity index (χ1n) is 13.9. The fraction of sp³-hybridized carbons (Fsp3) is 0.0286. The molecule has 1 heterocycles. The monoisotopic (exact) mass is 637 g/mol. The molecule has 0 aliphatic carbocycles. The minimum Gasteiger partial charge on any atom is -0.415 e. The Hall–Kier alpha value is -4.66. The van der Waals surface area contributed by atoms with Crippen molar-refractivity contribution in [1.82, 2.24) is 4.98 Å². The Bertz CT molecular complexity index is 1710. The van der Waals surface area contributed by atoms with Crippen LogP contribution in [0.4, 0.5) is 5.88 Å². The Morgan fingerprint density at radius 1 is 0.644 bits per heavy atom. The molecule has 8 nitrogen and oxygen atoms in total. The summed E-state index contributed by atoms with van der Waals surface area (Å²) >= 11 is 0. The van der Waals surface area contributed by atoms with Gasteiger partial charge in [-0.15, -0.1) is 10.2 Å². The molecule has 226 valence electrons. The summed E-state index contributed by atoms with van der Waals surface area (Å²) in [6, 6.07) is 50.2. The van der Waals surface area contributed by atoms with Gasteiger partial charge in [0, 0.05) is 5.56 Å². The van der Waals surface area contributed by atoms with Gasteiger partial charge in [0.25, 0.3) is 11.3 Å². The predicted molar refractivity (Wildman–Crippen MR) is 169 cm³/mol. The largest absolute Gasteiger partial charge is 0.415 e. The number of nitrogens with zero attached hydrogens (tertiary/aromatic N) is 2. The van der Waals surface area contributed by atoms with E-state index in [2.05, 4.69) is 121 Å². The average molecular weight is 638 g/mol. The quantitative estimate of drug-likeness (QED) is 0.153. The highest BCUT2D eigenvalue weighted by atomic mass is 35.7. The molecule has 5 aromatic carbocycles. The molecule has 0 unspecified atom stereocenters. The van der Waals surface area contributed by atoms with Crippen molar-refractivity contribution in [3.8, 4) is 11.5 Å². The van der Waals surface area contributed by atoms with Gasteiger partial charge in [0.15, 0.2) is 7.26 Å². The van der Waals surface area contributed by atoms with Crippen molar-refractivity contribution in [2.24, 2.45) is 5.10 Å². The number of hydrazone groups is 1. The smallest absolute Gasteiger partial charge is 0.280 e. The van der Waals surface area contributed by atoms with Crippen LogP contribution < -0.4 is 45.4 Å². The topological polar surface area (TPSA) is 143 Å². The molecule has 0 radical (unpaired) electrons. The highest BCUT2D eigenvalue weighted by molar-refractivity contribution is 8.01. The lowest BCUT2D eigenvalue weighted by Crippen LogP contribution is -2.68. The third kappa shape index (κ3) is 7.90. The number of oxazole rings is 1. The molecule has 0 saturated carbocycles. The molecule has 10 heteroatoms. The lowest BCUT2D eigenvalue weighted by Gasteiger charge is -2.25. The molecule has 0 amide bonds. The lowest BCUT2D eigenvalue weighted by molar-refractivity contribution is -2.00. The lowest BCUT2D eigenvalue weighted by atomic mass is 10.2. The number of rotatable bonds is 8. The number of nitrogens with one attached hydrogen (secondary N) is 1. The number of halogens is 1. The molecular weight excluding hydrogens is 609 g/mol. The Morgan fingerprint density at radius 2 is 1.07 bits per heavy atom. The minimum absolute atomic E-state index is 0.534. The standard InChI is InChI=1S/C35H29N3OP.ClHO4/c1-27-22-24-28(25-23-27)26-36-38-34-35(37-33(39-34)29-14-6-2-7-15-29)40(30-16-8-3-9-17-30,31-18-10-4-11-19-31)32-20-12-5-13-21-32;2-1(3,4)5/h2-26,38H,1H3;(H,2,3,4,5)/q+1;/p-1. The van der Waals surface area contributed by atoms with Crippen molar-refractivity contribution >= 4 is 40.7 Å². The van der Waals surface area contributed by atoms with Crippen molar-refractivity contribution in [3.63, 3.8) is 0 Å². The second kappa shape index (κ2) is 14.4. The van der Waals surface area contributed by atoms with Gasteiger partial charge in [0.1, 0.15) is 15.9 Å². The number of aromatic nitrogens is 1. The molecule has 0 fully saturated rings. The zero-order valence-electron chi connectivity index (χ0n) is 24.2. The van der Waals surface area contributed by atoms with Crippen molar-refractivity contribution < 1.29 is 33.3 Å². The predicted octanol–water partition coefficient (Wildman–Crippen LogP) is 1.96. The van der Waals surface area contributed by atoms with E-state index in [0.29, 0.717) is 11.8 Å². The number of benzene rings is 5. The number of anilines is 1. The maximum Gasteiger partial charge on any atom is 0.280 e. The van der Waals surface area contributed by atoms with Crippen LogP contribution >= 0.6 is 7.26 Å². The first-order chi connectivity index (χ1) is 21.7. The second-order valence-electron chi connectivity index (χ2n) is 9.87. The first kappa shape index (κ1) is 31.8. The maximum absolute atomic E-state index is 8.49. The van der Waals surface area contributed by atoms with Crippen LogP contribution in [-0.4, -0.2) is 11.2 Å². The molecule has 0 aliphatic rings.